The van der Waals surface area contributed by atoms with E-state index in [0.29, 0.717) is 52.8 Å². The van der Waals surface area contributed by atoms with E-state index in [0.717, 1.165) is 6.42 Å². The lowest BCUT2D eigenvalue weighted by molar-refractivity contribution is 0.171. The van der Waals surface area contributed by atoms with Crippen LogP contribution in [-0.2, 0) is 0 Å². The average Bonchev–Trinajstić information content (AvgIpc) is 3.39. The molecule has 2 aliphatic carbocycles. The third-order valence-corrected chi connectivity index (χ3v) is 7.63. The van der Waals surface area contributed by atoms with Crippen molar-refractivity contribution in [2.24, 2.45) is 5.92 Å². The Balaban J connectivity index is 1.45. The van der Waals surface area contributed by atoms with Crippen LogP contribution < -0.4 is 15.1 Å². The van der Waals surface area contributed by atoms with Crippen molar-refractivity contribution in [2.75, 3.05) is 13.2 Å². The molecule has 29 heavy (non-hydrogen) atoms. The molecular formula is C23H26O5S. The van der Waals surface area contributed by atoms with Crippen LogP contribution in [0.1, 0.15) is 55.8 Å². The maximum absolute atomic E-state index is 12.9. The highest BCUT2D eigenvalue weighted by molar-refractivity contribution is 8.00. The highest BCUT2D eigenvalue weighted by atomic mass is 32.2. The topological polar surface area (TPSA) is 68.9 Å². The van der Waals surface area contributed by atoms with Gasteiger partial charge in [-0.15, -0.1) is 11.8 Å². The largest absolute Gasteiger partial charge is 0.507 e. The minimum absolute atomic E-state index is 0.0103. The second-order valence-corrected chi connectivity index (χ2v) is 9.77. The molecule has 0 bridgehead atoms. The molecular weight excluding hydrogens is 388 g/mol. The van der Waals surface area contributed by atoms with E-state index >= 15 is 0 Å². The number of ether oxygens (including phenoxy) is 2. The number of hydrogen-bond acceptors (Lipinski definition) is 6. The van der Waals surface area contributed by atoms with E-state index in [1.807, 2.05) is 17.8 Å². The molecule has 3 aliphatic rings. The number of thioether (sulfide) groups is 1. The summed E-state index contributed by atoms with van der Waals surface area (Å²) in [5, 5.41) is 11.4. The van der Waals surface area contributed by atoms with Gasteiger partial charge in [0.15, 0.2) is 11.5 Å². The molecule has 2 saturated carbocycles. The summed E-state index contributed by atoms with van der Waals surface area (Å²) in [6.45, 7) is 1.02. The molecule has 0 radical (unpaired) electrons. The quantitative estimate of drug-likeness (QED) is 0.692. The molecule has 154 valence electrons. The molecule has 1 aromatic carbocycles. The van der Waals surface area contributed by atoms with Gasteiger partial charge in [-0.1, -0.05) is 25.7 Å². The van der Waals surface area contributed by atoms with Crippen LogP contribution in [0.3, 0.4) is 0 Å². The monoisotopic (exact) mass is 414 g/mol. The predicted molar refractivity (Wildman–Crippen MR) is 113 cm³/mol. The molecule has 5 nitrogen and oxygen atoms in total. The number of hydrogen-bond donors (Lipinski definition) is 1. The number of rotatable bonds is 6. The first kappa shape index (κ1) is 18.9. The van der Waals surface area contributed by atoms with Crippen molar-refractivity contribution < 1.29 is 19.0 Å². The van der Waals surface area contributed by atoms with Gasteiger partial charge in [0, 0.05) is 22.1 Å². The van der Waals surface area contributed by atoms with Gasteiger partial charge in [-0.25, -0.2) is 4.79 Å². The van der Waals surface area contributed by atoms with E-state index < -0.39 is 5.63 Å². The first-order valence-electron chi connectivity index (χ1n) is 10.6. The van der Waals surface area contributed by atoms with Gasteiger partial charge in [-0.3, -0.25) is 0 Å². The molecule has 0 spiro atoms. The zero-order valence-electron chi connectivity index (χ0n) is 16.4. The first-order valence-corrected chi connectivity index (χ1v) is 11.5. The van der Waals surface area contributed by atoms with E-state index in [-0.39, 0.29) is 11.0 Å². The fraction of sp³-hybridized carbons (Fsp3) is 0.522. The lowest BCUT2D eigenvalue weighted by Crippen LogP contribution is -2.15. The summed E-state index contributed by atoms with van der Waals surface area (Å²) < 4.78 is 16.9. The predicted octanol–water partition coefficient (Wildman–Crippen LogP) is 5.30. The molecule has 5 rings (SSSR count). The summed E-state index contributed by atoms with van der Waals surface area (Å²) in [5.74, 6) is 2.38. The molecule has 1 aromatic heterocycles. The Hall–Kier alpha value is -2.08. The normalized spacial score (nSPS) is 20.0. The van der Waals surface area contributed by atoms with Crippen molar-refractivity contribution >= 4 is 11.8 Å². The van der Waals surface area contributed by atoms with Gasteiger partial charge in [0.1, 0.15) is 24.7 Å². The maximum Gasteiger partial charge on any atom is 0.344 e. The highest BCUT2D eigenvalue weighted by Gasteiger charge is 2.33. The van der Waals surface area contributed by atoms with Crippen LogP contribution in [0, 0.1) is 5.92 Å². The lowest BCUT2D eigenvalue weighted by Gasteiger charge is -2.21. The Kier molecular flexibility index (Phi) is 5.20. The van der Waals surface area contributed by atoms with Gasteiger partial charge in [-0.05, 0) is 43.4 Å². The summed E-state index contributed by atoms with van der Waals surface area (Å²) in [4.78, 5) is 12.9. The van der Waals surface area contributed by atoms with Crippen molar-refractivity contribution in [1.29, 1.82) is 0 Å². The Morgan fingerprint density at radius 3 is 2.52 bits per heavy atom. The SMILES string of the molecule is O=c1oc(-c2ccc3c(c2)OCCO3)cc(O)c1C(CC1CC1)SC1CCCC1. The molecule has 1 unspecified atom stereocenters. The lowest BCUT2D eigenvalue weighted by atomic mass is 10.1. The first-order chi connectivity index (χ1) is 14.2. The minimum Gasteiger partial charge on any atom is -0.507 e. The highest BCUT2D eigenvalue weighted by Crippen LogP contribution is 2.49. The molecule has 2 heterocycles. The smallest absolute Gasteiger partial charge is 0.344 e. The Morgan fingerprint density at radius 1 is 1.03 bits per heavy atom. The van der Waals surface area contributed by atoms with Crippen molar-refractivity contribution in [3.8, 4) is 28.6 Å². The van der Waals surface area contributed by atoms with E-state index in [1.54, 1.807) is 18.2 Å². The second kappa shape index (κ2) is 7.98. The standard InChI is InChI=1S/C23H26O5S/c24-17-13-19(15-7-8-18-20(12-15)27-10-9-26-18)28-23(25)22(17)21(11-14-5-6-14)29-16-3-1-2-4-16/h7-8,12-14,16,21,24H,1-6,9-11H2. The third-order valence-electron chi connectivity index (χ3n) is 6.02. The molecule has 6 heteroatoms. The second-order valence-electron chi connectivity index (χ2n) is 8.27. The van der Waals surface area contributed by atoms with Crippen LogP contribution >= 0.6 is 11.8 Å². The molecule has 2 aromatic rings. The fourth-order valence-electron chi connectivity index (χ4n) is 4.28. The van der Waals surface area contributed by atoms with E-state index in [4.69, 9.17) is 13.9 Å². The summed E-state index contributed by atoms with van der Waals surface area (Å²) in [6, 6.07) is 7.00. The summed E-state index contributed by atoms with van der Waals surface area (Å²) in [7, 11) is 0. The Bertz CT molecular complexity index is 943. The van der Waals surface area contributed by atoms with Crippen LogP contribution in [0.15, 0.2) is 33.5 Å². The number of aromatic hydroxyl groups is 1. The van der Waals surface area contributed by atoms with Crippen LogP contribution in [0.4, 0.5) is 0 Å². The van der Waals surface area contributed by atoms with Gasteiger partial charge in [-0.2, -0.15) is 0 Å². The molecule has 0 amide bonds. The maximum atomic E-state index is 12.9. The van der Waals surface area contributed by atoms with E-state index in [1.165, 1.54) is 38.5 Å². The van der Waals surface area contributed by atoms with E-state index in [9.17, 15) is 9.90 Å². The zero-order valence-corrected chi connectivity index (χ0v) is 17.2. The van der Waals surface area contributed by atoms with Crippen molar-refractivity contribution in [2.45, 2.75) is 55.4 Å². The third kappa shape index (κ3) is 4.13. The van der Waals surface area contributed by atoms with Crippen molar-refractivity contribution in [1.82, 2.24) is 0 Å². The summed E-state index contributed by atoms with van der Waals surface area (Å²) in [6.07, 6.45) is 8.32. The molecule has 2 fully saturated rings. The van der Waals surface area contributed by atoms with Gasteiger partial charge >= 0.3 is 5.63 Å². The van der Waals surface area contributed by atoms with Crippen LogP contribution in [0.5, 0.6) is 17.2 Å². The van der Waals surface area contributed by atoms with Gasteiger partial charge in [0.2, 0.25) is 0 Å². The molecule has 0 saturated heterocycles. The fourth-order valence-corrected chi connectivity index (χ4v) is 6.09. The van der Waals surface area contributed by atoms with E-state index in [2.05, 4.69) is 0 Å². The Labute approximate surface area is 174 Å². The van der Waals surface area contributed by atoms with Crippen LogP contribution in [0.25, 0.3) is 11.3 Å². The van der Waals surface area contributed by atoms with Crippen molar-refractivity contribution in [3.05, 3.63) is 40.2 Å². The summed E-state index contributed by atoms with van der Waals surface area (Å²) >= 11 is 1.87. The van der Waals surface area contributed by atoms with Gasteiger partial charge < -0.3 is 19.0 Å². The minimum atomic E-state index is -0.425. The number of benzene rings is 1. The Morgan fingerprint density at radius 2 is 1.79 bits per heavy atom. The van der Waals surface area contributed by atoms with Gasteiger partial charge in [0.25, 0.3) is 0 Å². The molecule has 1 aliphatic heterocycles. The van der Waals surface area contributed by atoms with Crippen LogP contribution in [0.2, 0.25) is 0 Å². The summed E-state index contributed by atoms with van der Waals surface area (Å²) in [5.41, 5.74) is 0.705. The van der Waals surface area contributed by atoms with Crippen LogP contribution in [-0.4, -0.2) is 23.6 Å². The molecule has 1 N–H and O–H groups in total. The molecule has 1 atom stereocenters. The average molecular weight is 415 g/mol. The van der Waals surface area contributed by atoms with Gasteiger partial charge in [0.05, 0.1) is 5.56 Å². The number of fused-ring (bicyclic) bond motifs is 1. The zero-order chi connectivity index (χ0) is 19.8. The van der Waals surface area contributed by atoms with Crippen molar-refractivity contribution in [3.63, 3.8) is 0 Å².